The number of rotatable bonds is 2. The number of ether oxygens (including phenoxy) is 1. The Balaban J connectivity index is 2.74. The lowest BCUT2D eigenvalue weighted by Crippen LogP contribution is -2.31. The van der Waals surface area contributed by atoms with Crippen molar-refractivity contribution in [2.24, 2.45) is 5.73 Å². The second-order valence-corrected chi connectivity index (χ2v) is 4.81. The minimum absolute atomic E-state index is 0.361. The fourth-order valence-corrected chi connectivity index (χ4v) is 1.18. The van der Waals surface area contributed by atoms with E-state index in [1.165, 1.54) is 6.20 Å². The second kappa shape index (κ2) is 4.80. The van der Waals surface area contributed by atoms with Gasteiger partial charge < -0.3 is 10.5 Å². The van der Waals surface area contributed by atoms with Crippen molar-refractivity contribution in [3.05, 3.63) is 29.0 Å². The average Bonchev–Trinajstić information content (AvgIpc) is 2.15. The normalized spacial score (nSPS) is 13.3. The molecule has 1 unspecified atom stereocenters. The first-order chi connectivity index (χ1) is 7.29. The van der Waals surface area contributed by atoms with Crippen LogP contribution < -0.4 is 5.73 Å². The van der Waals surface area contributed by atoms with Crippen molar-refractivity contribution in [3.63, 3.8) is 0 Å². The van der Waals surface area contributed by atoms with Crippen LogP contribution in [0, 0.1) is 0 Å². The highest BCUT2D eigenvalue weighted by molar-refractivity contribution is 6.29. The molecule has 88 valence electrons. The molecule has 0 spiro atoms. The minimum atomic E-state index is -0.830. The first kappa shape index (κ1) is 12.9. The predicted octanol–water partition coefficient (Wildman–Crippen LogP) is 2.08. The molecule has 1 heterocycles. The summed E-state index contributed by atoms with van der Waals surface area (Å²) in [5.74, 6) is -0.475. The van der Waals surface area contributed by atoms with E-state index in [-0.39, 0.29) is 0 Å². The number of hydrogen-bond donors (Lipinski definition) is 1. The molecule has 0 bridgehead atoms. The minimum Gasteiger partial charge on any atom is -0.459 e. The van der Waals surface area contributed by atoms with Crippen LogP contribution in [0.5, 0.6) is 0 Å². The number of aromatic nitrogens is 1. The zero-order chi connectivity index (χ0) is 12.3. The fraction of sp³-hybridized carbons (Fsp3) is 0.455. The number of hydrogen-bond acceptors (Lipinski definition) is 4. The highest BCUT2D eigenvalue weighted by atomic mass is 35.5. The third-order valence-electron chi connectivity index (χ3n) is 1.77. The van der Waals surface area contributed by atoms with Crippen molar-refractivity contribution >= 4 is 17.6 Å². The maximum atomic E-state index is 11.6. The van der Waals surface area contributed by atoms with E-state index in [4.69, 9.17) is 22.1 Å². The molecule has 0 fully saturated rings. The maximum Gasteiger partial charge on any atom is 0.328 e. The lowest BCUT2D eigenvalue weighted by molar-refractivity contribution is -0.156. The zero-order valence-corrected chi connectivity index (χ0v) is 10.3. The lowest BCUT2D eigenvalue weighted by atomic mass is 10.1. The second-order valence-electron chi connectivity index (χ2n) is 4.43. The highest BCUT2D eigenvalue weighted by Gasteiger charge is 2.23. The van der Waals surface area contributed by atoms with E-state index in [1.54, 1.807) is 32.9 Å². The smallest absolute Gasteiger partial charge is 0.328 e. The Morgan fingerprint density at radius 2 is 2.12 bits per heavy atom. The van der Waals surface area contributed by atoms with E-state index in [9.17, 15) is 4.79 Å². The van der Waals surface area contributed by atoms with Gasteiger partial charge in [0.25, 0.3) is 0 Å². The Labute approximate surface area is 99.8 Å². The average molecular weight is 243 g/mol. The lowest BCUT2D eigenvalue weighted by Gasteiger charge is -2.22. The van der Waals surface area contributed by atoms with Gasteiger partial charge in [-0.1, -0.05) is 17.7 Å². The molecule has 1 aromatic rings. The SMILES string of the molecule is CC(C)(C)OC(=O)C(N)c1ccc(Cl)nc1. The van der Waals surface area contributed by atoms with Crippen molar-refractivity contribution in [3.8, 4) is 0 Å². The summed E-state index contributed by atoms with van der Waals surface area (Å²) in [7, 11) is 0. The molecule has 1 aromatic heterocycles. The molecule has 0 aliphatic rings. The molecule has 0 saturated carbocycles. The highest BCUT2D eigenvalue weighted by Crippen LogP contribution is 2.16. The summed E-state index contributed by atoms with van der Waals surface area (Å²) in [6, 6.07) is 2.41. The first-order valence-electron chi connectivity index (χ1n) is 4.89. The number of nitrogens with zero attached hydrogens (tertiary/aromatic N) is 1. The molecule has 1 atom stereocenters. The summed E-state index contributed by atoms with van der Waals surface area (Å²) in [6.07, 6.45) is 1.47. The number of nitrogens with two attached hydrogens (primary N) is 1. The molecule has 16 heavy (non-hydrogen) atoms. The molecule has 0 radical (unpaired) electrons. The Hall–Kier alpha value is -1.13. The van der Waals surface area contributed by atoms with E-state index < -0.39 is 17.6 Å². The molecule has 1 rings (SSSR count). The van der Waals surface area contributed by atoms with Crippen molar-refractivity contribution in [1.29, 1.82) is 0 Å². The Bertz CT molecular complexity index is 371. The van der Waals surface area contributed by atoms with Gasteiger partial charge in [-0.3, -0.25) is 0 Å². The topological polar surface area (TPSA) is 65.2 Å². The van der Waals surface area contributed by atoms with Gasteiger partial charge in [0, 0.05) is 6.20 Å². The summed E-state index contributed by atoms with van der Waals surface area (Å²) in [4.78, 5) is 15.5. The Kier molecular flexibility index (Phi) is 3.88. The molecule has 4 nitrogen and oxygen atoms in total. The van der Waals surface area contributed by atoms with Gasteiger partial charge in [-0.25, -0.2) is 9.78 Å². The van der Waals surface area contributed by atoms with Crippen LogP contribution >= 0.6 is 11.6 Å². The summed E-state index contributed by atoms with van der Waals surface area (Å²) < 4.78 is 5.16. The van der Waals surface area contributed by atoms with E-state index >= 15 is 0 Å². The van der Waals surface area contributed by atoms with Crippen LogP contribution in [0.4, 0.5) is 0 Å². The molecule has 0 saturated heterocycles. The maximum absolute atomic E-state index is 11.6. The third-order valence-corrected chi connectivity index (χ3v) is 1.99. The molecule has 0 aromatic carbocycles. The summed E-state index contributed by atoms with van der Waals surface area (Å²) in [6.45, 7) is 5.37. The number of carbonyl (C=O) groups excluding carboxylic acids is 1. The van der Waals surface area contributed by atoms with E-state index in [0.29, 0.717) is 10.7 Å². The summed E-state index contributed by atoms with van der Waals surface area (Å²) in [5.41, 5.74) is 5.77. The van der Waals surface area contributed by atoms with E-state index in [2.05, 4.69) is 4.98 Å². The Morgan fingerprint density at radius 3 is 2.56 bits per heavy atom. The van der Waals surface area contributed by atoms with E-state index in [0.717, 1.165) is 0 Å². The van der Waals surface area contributed by atoms with Crippen LogP contribution in [0.1, 0.15) is 32.4 Å². The molecule has 0 aliphatic carbocycles. The monoisotopic (exact) mass is 242 g/mol. The van der Waals surface area contributed by atoms with Crippen LogP contribution in [0.25, 0.3) is 0 Å². The molecule has 0 amide bonds. The first-order valence-corrected chi connectivity index (χ1v) is 5.27. The van der Waals surface area contributed by atoms with Crippen molar-refractivity contribution < 1.29 is 9.53 Å². The largest absolute Gasteiger partial charge is 0.459 e. The van der Waals surface area contributed by atoms with Gasteiger partial charge in [-0.2, -0.15) is 0 Å². The van der Waals surface area contributed by atoms with Crippen LogP contribution in [0.15, 0.2) is 18.3 Å². The van der Waals surface area contributed by atoms with Crippen molar-refractivity contribution in [1.82, 2.24) is 4.98 Å². The predicted molar refractivity (Wildman–Crippen MR) is 62.0 cm³/mol. The van der Waals surface area contributed by atoms with Gasteiger partial charge >= 0.3 is 5.97 Å². The fourth-order valence-electron chi connectivity index (χ4n) is 1.07. The summed E-state index contributed by atoms with van der Waals surface area (Å²) in [5, 5.41) is 0.361. The number of carbonyl (C=O) groups is 1. The van der Waals surface area contributed by atoms with Gasteiger partial charge in [-0.05, 0) is 32.4 Å². The third kappa shape index (κ3) is 3.79. The number of esters is 1. The van der Waals surface area contributed by atoms with E-state index in [1.807, 2.05) is 0 Å². The standard InChI is InChI=1S/C11H15ClN2O2/c1-11(2,3)16-10(15)9(13)7-4-5-8(12)14-6-7/h4-6,9H,13H2,1-3H3. The molecular formula is C11H15ClN2O2. The molecule has 5 heteroatoms. The van der Waals surface area contributed by atoms with Gasteiger partial charge in [0.15, 0.2) is 0 Å². The molecule has 2 N–H and O–H groups in total. The van der Waals surface area contributed by atoms with Gasteiger partial charge in [0.1, 0.15) is 16.8 Å². The summed E-state index contributed by atoms with van der Waals surface area (Å²) >= 11 is 5.63. The number of pyridine rings is 1. The van der Waals surface area contributed by atoms with Crippen molar-refractivity contribution in [2.45, 2.75) is 32.4 Å². The van der Waals surface area contributed by atoms with Crippen molar-refractivity contribution in [2.75, 3.05) is 0 Å². The molecular weight excluding hydrogens is 228 g/mol. The Morgan fingerprint density at radius 1 is 1.50 bits per heavy atom. The van der Waals surface area contributed by atoms with Crippen LogP contribution in [0.3, 0.4) is 0 Å². The zero-order valence-electron chi connectivity index (χ0n) is 9.53. The quantitative estimate of drug-likeness (QED) is 0.637. The number of halogens is 1. The van der Waals surface area contributed by atoms with Crippen LogP contribution in [0.2, 0.25) is 5.15 Å². The van der Waals surface area contributed by atoms with Gasteiger partial charge in [0.2, 0.25) is 0 Å². The van der Waals surface area contributed by atoms with Crippen LogP contribution in [-0.4, -0.2) is 16.6 Å². The van der Waals surface area contributed by atoms with Gasteiger partial charge in [-0.15, -0.1) is 0 Å². The van der Waals surface area contributed by atoms with Gasteiger partial charge in [0.05, 0.1) is 0 Å². The van der Waals surface area contributed by atoms with Crippen LogP contribution in [-0.2, 0) is 9.53 Å². The molecule has 0 aliphatic heterocycles.